The molecule has 0 fully saturated rings. The Balaban J connectivity index is 2.00. The van der Waals surface area contributed by atoms with E-state index in [9.17, 15) is 14.4 Å². The first-order chi connectivity index (χ1) is 12.9. The van der Waals surface area contributed by atoms with Gasteiger partial charge in [0.2, 0.25) is 0 Å². The normalized spacial score (nSPS) is 10.5. The SMILES string of the molecule is COc1ccc(Oc2c(Cl)cc(-n3ncc(=O)[nH]c3=O)cc2Cl)cc1C=O. The number of hydrogen-bond donors (Lipinski definition) is 1. The summed E-state index contributed by atoms with van der Waals surface area (Å²) in [6.07, 6.45) is 1.58. The van der Waals surface area contributed by atoms with Gasteiger partial charge in [-0.2, -0.15) is 9.78 Å². The number of H-pyrrole nitrogens is 1. The molecule has 0 saturated heterocycles. The summed E-state index contributed by atoms with van der Waals surface area (Å²) in [4.78, 5) is 36.2. The fourth-order valence-corrected chi connectivity index (χ4v) is 2.84. The van der Waals surface area contributed by atoms with Crippen LogP contribution < -0.4 is 20.7 Å². The minimum absolute atomic E-state index is 0.0980. The molecule has 27 heavy (non-hydrogen) atoms. The van der Waals surface area contributed by atoms with E-state index in [1.165, 1.54) is 25.3 Å². The molecule has 10 heteroatoms. The van der Waals surface area contributed by atoms with E-state index in [0.717, 1.165) is 10.9 Å². The van der Waals surface area contributed by atoms with Crippen LogP contribution in [0.15, 0.2) is 46.1 Å². The second kappa shape index (κ2) is 7.65. The van der Waals surface area contributed by atoms with Gasteiger partial charge in [-0.25, -0.2) is 4.79 Å². The van der Waals surface area contributed by atoms with E-state index >= 15 is 0 Å². The Hall–Kier alpha value is -3.10. The van der Waals surface area contributed by atoms with Gasteiger partial charge in [-0.15, -0.1) is 0 Å². The second-order valence-corrected chi connectivity index (χ2v) is 6.03. The lowest BCUT2D eigenvalue weighted by Gasteiger charge is -2.13. The molecular formula is C17H11Cl2N3O5. The molecule has 0 amide bonds. The molecule has 2 aromatic carbocycles. The van der Waals surface area contributed by atoms with E-state index in [4.69, 9.17) is 32.7 Å². The zero-order valence-electron chi connectivity index (χ0n) is 13.7. The highest BCUT2D eigenvalue weighted by molar-refractivity contribution is 6.37. The van der Waals surface area contributed by atoms with Crippen molar-refractivity contribution in [3.05, 3.63) is 73.0 Å². The number of methoxy groups -OCH3 is 1. The Kier molecular flexibility index (Phi) is 5.29. The average Bonchev–Trinajstić information content (AvgIpc) is 2.64. The number of carbonyl (C=O) groups is 1. The Bertz CT molecular complexity index is 1120. The maximum absolute atomic E-state index is 11.9. The van der Waals surface area contributed by atoms with Crippen molar-refractivity contribution in [1.82, 2.24) is 14.8 Å². The van der Waals surface area contributed by atoms with E-state index in [1.807, 2.05) is 0 Å². The topological polar surface area (TPSA) is 103 Å². The standard InChI is InChI=1S/C17H11Cl2N3O5/c1-26-14-3-2-11(4-9(14)8-23)27-16-12(18)5-10(6-13(16)19)22-17(25)21-15(24)7-20-22/h2-8H,1H3,(H,21,24,25). The molecule has 8 nitrogen and oxygen atoms in total. The molecule has 0 aliphatic heterocycles. The first-order valence-electron chi connectivity index (χ1n) is 7.42. The molecule has 3 rings (SSSR count). The van der Waals surface area contributed by atoms with Crippen LogP contribution in [0, 0.1) is 0 Å². The minimum Gasteiger partial charge on any atom is -0.496 e. The number of benzene rings is 2. The summed E-state index contributed by atoms with van der Waals surface area (Å²) in [5.74, 6) is 0.837. The summed E-state index contributed by atoms with van der Waals surface area (Å²) >= 11 is 12.5. The van der Waals surface area contributed by atoms with E-state index in [1.54, 1.807) is 12.1 Å². The Morgan fingerprint density at radius 1 is 1.15 bits per heavy atom. The van der Waals surface area contributed by atoms with Gasteiger partial charge in [-0.1, -0.05) is 23.2 Å². The molecule has 1 aromatic heterocycles. The summed E-state index contributed by atoms with van der Waals surface area (Å²) < 4.78 is 11.7. The van der Waals surface area contributed by atoms with E-state index in [2.05, 4.69) is 10.1 Å². The minimum atomic E-state index is -0.742. The average molecular weight is 408 g/mol. The summed E-state index contributed by atoms with van der Waals surface area (Å²) in [6, 6.07) is 7.43. The third kappa shape index (κ3) is 3.86. The number of aromatic nitrogens is 3. The maximum Gasteiger partial charge on any atom is 0.349 e. The van der Waals surface area contributed by atoms with Gasteiger partial charge in [0.15, 0.2) is 12.0 Å². The molecule has 0 aliphatic carbocycles. The van der Waals surface area contributed by atoms with Crippen LogP contribution in [0.4, 0.5) is 0 Å². The maximum atomic E-state index is 11.9. The van der Waals surface area contributed by atoms with Crippen LogP contribution in [0.5, 0.6) is 17.2 Å². The molecule has 138 valence electrons. The van der Waals surface area contributed by atoms with Gasteiger partial charge in [0, 0.05) is 0 Å². The van der Waals surface area contributed by atoms with Crippen LogP contribution in [-0.4, -0.2) is 28.2 Å². The van der Waals surface area contributed by atoms with Crippen molar-refractivity contribution < 1.29 is 14.3 Å². The van der Waals surface area contributed by atoms with Crippen molar-refractivity contribution in [2.75, 3.05) is 7.11 Å². The number of carbonyl (C=O) groups excluding carboxylic acids is 1. The molecule has 1 heterocycles. The van der Waals surface area contributed by atoms with Crippen molar-refractivity contribution in [3.8, 4) is 22.9 Å². The molecule has 1 N–H and O–H groups in total. The molecule has 0 atom stereocenters. The number of aldehydes is 1. The first-order valence-corrected chi connectivity index (χ1v) is 8.17. The smallest absolute Gasteiger partial charge is 0.349 e. The van der Waals surface area contributed by atoms with Gasteiger partial charge in [-0.05, 0) is 30.3 Å². The van der Waals surface area contributed by atoms with Crippen LogP contribution in [0.3, 0.4) is 0 Å². The number of aromatic amines is 1. The number of hydrogen-bond acceptors (Lipinski definition) is 6. The van der Waals surface area contributed by atoms with Gasteiger partial charge in [0.25, 0.3) is 5.56 Å². The van der Waals surface area contributed by atoms with Crippen molar-refractivity contribution in [3.63, 3.8) is 0 Å². The third-order valence-corrected chi connectivity index (χ3v) is 4.05. The van der Waals surface area contributed by atoms with Gasteiger partial charge in [0.05, 0.1) is 28.4 Å². The largest absolute Gasteiger partial charge is 0.496 e. The number of halogens is 2. The number of nitrogens with zero attached hydrogens (tertiary/aromatic N) is 2. The molecule has 0 spiro atoms. The molecule has 0 unspecified atom stereocenters. The lowest BCUT2D eigenvalue weighted by molar-refractivity contribution is 0.112. The van der Waals surface area contributed by atoms with Gasteiger partial charge in [0.1, 0.15) is 17.7 Å². The van der Waals surface area contributed by atoms with E-state index in [0.29, 0.717) is 23.3 Å². The third-order valence-electron chi connectivity index (χ3n) is 3.49. The van der Waals surface area contributed by atoms with E-state index in [-0.39, 0.29) is 21.5 Å². The molecule has 0 radical (unpaired) electrons. The van der Waals surface area contributed by atoms with Crippen molar-refractivity contribution in [2.45, 2.75) is 0 Å². The van der Waals surface area contributed by atoms with Crippen LogP contribution in [0.1, 0.15) is 10.4 Å². The summed E-state index contributed by atoms with van der Waals surface area (Å²) in [7, 11) is 1.45. The predicted molar refractivity (Wildman–Crippen MR) is 98.9 cm³/mol. The Labute approximate surface area is 161 Å². The van der Waals surface area contributed by atoms with E-state index < -0.39 is 11.2 Å². The number of ether oxygens (including phenoxy) is 2. The molecular weight excluding hydrogens is 397 g/mol. The number of nitrogens with one attached hydrogen (secondary N) is 1. The zero-order chi connectivity index (χ0) is 19.6. The van der Waals surface area contributed by atoms with Crippen LogP contribution >= 0.6 is 23.2 Å². The van der Waals surface area contributed by atoms with Crippen LogP contribution in [0.2, 0.25) is 10.0 Å². The first kappa shape index (κ1) is 18.7. The van der Waals surface area contributed by atoms with Crippen LogP contribution in [-0.2, 0) is 0 Å². The van der Waals surface area contributed by atoms with Crippen LogP contribution in [0.25, 0.3) is 5.69 Å². The Morgan fingerprint density at radius 2 is 1.85 bits per heavy atom. The lowest BCUT2D eigenvalue weighted by atomic mass is 10.2. The highest BCUT2D eigenvalue weighted by atomic mass is 35.5. The predicted octanol–water partition coefficient (Wildman–Crippen LogP) is 2.84. The van der Waals surface area contributed by atoms with Crippen molar-refractivity contribution >= 4 is 29.5 Å². The summed E-state index contributed by atoms with van der Waals surface area (Å²) in [5.41, 5.74) is -0.835. The zero-order valence-corrected chi connectivity index (χ0v) is 15.2. The monoisotopic (exact) mass is 407 g/mol. The van der Waals surface area contributed by atoms with Crippen molar-refractivity contribution in [1.29, 1.82) is 0 Å². The van der Waals surface area contributed by atoms with Gasteiger partial charge < -0.3 is 9.47 Å². The molecule has 0 bridgehead atoms. The number of rotatable bonds is 5. The highest BCUT2D eigenvalue weighted by Crippen LogP contribution is 2.38. The fraction of sp³-hybridized carbons (Fsp3) is 0.0588. The fourth-order valence-electron chi connectivity index (χ4n) is 2.29. The second-order valence-electron chi connectivity index (χ2n) is 5.21. The molecule has 0 aliphatic rings. The Morgan fingerprint density at radius 3 is 2.44 bits per heavy atom. The molecule has 3 aromatic rings. The molecule has 0 saturated carbocycles. The summed E-state index contributed by atoms with van der Waals surface area (Å²) in [5, 5.41) is 3.93. The van der Waals surface area contributed by atoms with Crippen molar-refractivity contribution in [2.24, 2.45) is 0 Å². The highest BCUT2D eigenvalue weighted by Gasteiger charge is 2.14. The van der Waals surface area contributed by atoms with Gasteiger partial charge >= 0.3 is 5.69 Å². The van der Waals surface area contributed by atoms with Gasteiger partial charge in [-0.3, -0.25) is 14.6 Å². The quantitative estimate of drug-likeness (QED) is 0.652. The lowest BCUT2D eigenvalue weighted by Crippen LogP contribution is -2.30. The summed E-state index contributed by atoms with van der Waals surface area (Å²) in [6.45, 7) is 0.